The van der Waals surface area contributed by atoms with Crippen LogP contribution in [-0.4, -0.2) is 6.71 Å². The van der Waals surface area contributed by atoms with Gasteiger partial charge in [-0.25, -0.2) is 0 Å². The van der Waals surface area contributed by atoms with Gasteiger partial charge < -0.3 is 9.80 Å². The summed E-state index contributed by atoms with van der Waals surface area (Å²) in [5, 5.41) is 1.44. The molecule has 4 heteroatoms. The zero-order chi connectivity index (χ0) is 54.3. The molecule has 0 saturated heterocycles. The van der Waals surface area contributed by atoms with E-state index in [9.17, 15) is 0 Å². The first kappa shape index (κ1) is 50.2. The van der Waals surface area contributed by atoms with E-state index in [1.54, 1.807) is 16.7 Å². The second-order valence-electron chi connectivity index (χ2n) is 31.6. The maximum absolute atomic E-state index is 2.87. The minimum Gasteiger partial charge on any atom is -0.311 e. The molecule has 2 atom stereocenters. The SMILES string of the molecule is CC(C)(C)c1cc2c3c(c1)N(c1cc4c(cc1-c1ccccc1)C(C)(C)CCC4(C)C)c1c(sc4cc5c(cc14)C1(C)CCC5(C)C1)B3c1cc3c(cc1N2c1ccc2c(c1)C(C)(C)CCC2(C)C)C(C)(C)CCC3(C)C. The predicted molar refractivity (Wildman–Crippen MR) is 334 cm³/mol. The van der Waals surface area contributed by atoms with E-state index < -0.39 is 0 Å². The Kier molecular flexibility index (Phi) is 10.1. The van der Waals surface area contributed by atoms with Crippen molar-refractivity contribution in [2.45, 2.75) is 224 Å². The van der Waals surface area contributed by atoms with Crippen molar-refractivity contribution in [3.63, 3.8) is 0 Å². The van der Waals surface area contributed by atoms with Gasteiger partial charge >= 0.3 is 0 Å². The molecule has 14 rings (SSSR count). The fraction of sp³-hybridized carbons (Fsp3) is 0.479. The number of fused-ring (bicyclic) bond motifs is 14. The molecule has 5 aliphatic carbocycles. The van der Waals surface area contributed by atoms with Crippen LogP contribution in [0.1, 0.15) is 226 Å². The van der Waals surface area contributed by atoms with E-state index in [0.29, 0.717) is 0 Å². The van der Waals surface area contributed by atoms with Crippen molar-refractivity contribution >= 4 is 78.0 Å². The molecule has 1 aromatic heterocycles. The molecule has 6 aromatic carbocycles. The summed E-state index contributed by atoms with van der Waals surface area (Å²) < 4.78 is 2.95. The number of thiophene rings is 1. The van der Waals surface area contributed by atoms with Crippen molar-refractivity contribution in [3.05, 3.63) is 147 Å². The van der Waals surface area contributed by atoms with Crippen LogP contribution in [-0.2, 0) is 48.7 Å². The molecule has 7 aromatic rings. The van der Waals surface area contributed by atoms with Gasteiger partial charge in [0.25, 0.3) is 6.71 Å². The minimum atomic E-state index is -0.131. The van der Waals surface area contributed by atoms with E-state index in [0.717, 1.165) is 0 Å². The summed E-state index contributed by atoms with van der Waals surface area (Å²) in [5.41, 5.74) is 28.0. The Labute approximate surface area is 467 Å². The molecular weight excluding hydrogens is 948 g/mol. The van der Waals surface area contributed by atoms with Gasteiger partial charge in [0, 0.05) is 43.2 Å². The highest BCUT2D eigenvalue weighted by molar-refractivity contribution is 7.33. The number of hydrogen-bond donors (Lipinski definition) is 0. The molecule has 2 aliphatic heterocycles. The Bertz CT molecular complexity index is 3720. The second kappa shape index (κ2) is 15.4. The van der Waals surface area contributed by atoms with Gasteiger partial charge in [-0.15, -0.1) is 11.3 Å². The monoisotopic (exact) mass is 1030 g/mol. The summed E-state index contributed by atoms with van der Waals surface area (Å²) in [7, 11) is 0. The average Bonchev–Trinajstić information content (AvgIpc) is 4.16. The largest absolute Gasteiger partial charge is 0.311 e. The van der Waals surface area contributed by atoms with E-state index in [2.05, 4.69) is 236 Å². The lowest BCUT2D eigenvalue weighted by Gasteiger charge is -2.48. The van der Waals surface area contributed by atoms with E-state index in [1.807, 2.05) is 0 Å². The first-order chi connectivity index (χ1) is 35.9. The molecule has 2 unspecified atom stereocenters. The van der Waals surface area contributed by atoms with Crippen LogP contribution in [0.4, 0.5) is 34.1 Å². The molecule has 0 spiro atoms. The third kappa shape index (κ3) is 6.97. The molecule has 0 amide bonds. The molecule has 2 bridgehead atoms. The molecule has 77 heavy (non-hydrogen) atoms. The fourth-order valence-electron chi connectivity index (χ4n) is 16.9. The van der Waals surface area contributed by atoms with Crippen LogP contribution in [0.2, 0.25) is 0 Å². The maximum atomic E-state index is 2.87. The molecular formula is C73H85BN2S. The summed E-state index contributed by atoms with van der Waals surface area (Å²) in [6.45, 7) is 42.7. The molecule has 396 valence electrons. The van der Waals surface area contributed by atoms with Gasteiger partial charge in [-0.3, -0.25) is 0 Å². The smallest absolute Gasteiger partial charge is 0.264 e. The third-order valence-electron chi connectivity index (χ3n) is 22.3. The summed E-state index contributed by atoms with van der Waals surface area (Å²) in [6.07, 6.45) is 10.9. The highest BCUT2D eigenvalue weighted by Crippen LogP contribution is 2.63. The van der Waals surface area contributed by atoms with Crippen molar-refractivity contribution in [1.82, 2.24) is 0 Å². The van der Waals surface area contributed by atoms with Crippen molar-refractivity contribution in [2.75, 3.05) is 9.80 Å². The van der Waals surface area contributed by atoms with Gasteiger partial charge in [-0.05, 0) is 228 Å². The lowest BCUT2D eigenvalue weighted by Crippen LogP contribution is -2.61. The van der Waals surface area contributed by atoms with Crippen LogP contribution in [0.3, 0.4) is 0 Å². The van der Waals surface area contributed by atoms with Crippen molar-refractivity contribution in [1.29, 1.82) is 0 Å². The molecule has 1 fully saturated rings. The molecule has 0 N–H and O–H groups in total. The van der Waals surface area contributed by atoms with Gasteiger partial charge in [-0.2, -0.15) is 0 Å². The van der Waals surface area contributed by atoms with Gasteiger partial charge in [0.15, 0.2) is 0 Å². The number of hydrogen-bond acceptors (Lipinski definition) is 3. The van der Waals surface area contributed by atoms with Crippen LogP contribution < -0.4 is 25.5 Å². The standard InChI is InChI=1S/C73H85BN2S/c1-65(2,3)44-33-59-62-60(34-44)76(57-39-52-50(68(8,9)27-29-70(52,12)13)36-46(57)43-21-19-18-20-22-43)63-47-37-54-55(73(17)32-31-72(54,16)42-73)41-61(47)77-64(63)74(62)56-38-51-53(71(14,15)30-28-69(51,10)11)40-58(56)75(59)45-23-24-48-49(35-45)67(6,7)26-25-66(48,4)5/h18-24,33-41H,25-32,42H2,1-17H3. The zero-order valence-electron chi connectivity index (χ0n) is 50.0. The Morgan fingerprint density at radius 3 is 1.51 bits per heavy atom. The Morgan fingerprint density at radius 1 is 0.442 bits per heavy atom. The number of benzene rings is 6. The maximum Gasteiger partial charge on any atom is 0.264 e. The van der Waals surface area contributed by atoms with E-state index in [1.165, 1.54) is 162 Å². The Hall–Kier alpha value is -5.06. The Balaban J connectivity index is 1.16. The number of nitrogens with zero attached hydrogens (tertiary/aromatic N) is 2. The minimum absolute atomic E-state index is 0.0215. The normalized spacial score (nSPS) is 24.9. The summed E-state index contributed by atoms with van der Waals surface area (Å²) in [4.78, 5) is 5.66. The fourth-order valence-corrected chi connectivity index (χ4v) is 18.3. The molecule has 1 saturated carbocycles. The van der Waals surface area contributed by atoms with Crippen molar-refractivity contribution in [2.24, 2.45) is 0 Å². The van der Waals surface area contributed by atoms with Crippen LogP contribution in [0.15, 0.2) is 97.1 Å². The van der Waals surface area contributed by atoms with Crippen LogP contribution in [0.25, 0.3) is 21.2 Å². The lowest BCUT2D eigenvalue weighted by atomic mass is 9.35. The predicted octanol–water partition coefficient (Wildman–Crippen LogP) is 18.7. The van der Waals surface area contributed by atoms with Gasteiger partial charge in [0.2, 0.25) is 0 Å². The topological polar surface area (TPSA) is 6.48 Å². The highest BCUT2D eigenvalue weighted by Gasteiger charge is 2.55. The molecule has 2 nitrogen and oxygen atoms in total. The first-order valence-electron chi connectivity index (χ1n) is 29.9. The van der Waals surface area contributed by atoms with Gasteiger partial charge in [-0.1, -0.05) is 160 Å². The van der Waals surface area contributed by atoms with E-state index >= 15 is 0 Å². The van der Waals surface area contributed by atoms with Gasteiger partial charge in [0.1, 0.15) is 0 Å². The van der Waals surface area contributed by atoms with E-state index in [-0.39, 0.29) is 55.4 Å². The van der Waals surface area contributed by atoms with Crippen molar-refractivity contribution < 1.29 is 0 Å². The zero-order valence-corrected chi connectivity index (χ0v) is 50.8. The summed E-state index contributed by atoms with van der Waals surface area (Å²) in [5.74, 6) is 0. The molecule has 0 radical (unpaired) electrons. The van der Waals surface area contributed by atoms with Crippen molar-refractivity contribution in [3.8, 4) is 11.1 Å². The highest BCUT2D eigenvalue weighted by atomic mass is 32.1. The van der Waals surface area contributed by atoms with Crippen LogP contribution >= 0.6 is 11.3 Å². The van der Waals surface area contributed by atoms with E-state index in [4.69, 9.17) is 0 Å². The second-order valence-corrected chi connectivity index (χ2v) is 32.6. The Morgan fingerprint density at radius 2 is 0.935 bits per heavy atom. The average molecular weight is 1030 g/mol. The van der Waals surface area contributed by atoms with Crippen LogP contribution in [0.5, 0.6) is 0 Å². The summed E-state index contributed by atoms with van der Waals surface area (Å²) in [6, 6.07) is 40.8. The number of anilines is 6. The summed E-state index contributed by atoms with van der Waals surface area (Å²) >= 11 is 2.12. The third-order valence-corrected chi connectivity index (χ3v) is 23.5. The lowest BCUT2D eigenvalue weighted by molar-refractivity contribution is 0.332. The number of rotatable bonds is 3. The molecule has 3 heterocycles. The molecule has 7 aliphatic rings. The quantitative estimate of drug-likeness (QED) is 0.163. The van der Waals surface area contributed by atoms with Crippen LogP contribution in [0, 0.1) is 0 Å². The van der Waals surface area contributed by atoms with Gasteiger partial charge in [0.05, 0.1) is 11.4 Å². The first-order valence-corrected chi connectivity index (χ1v) is 30.7.